The number of furan rings is 1. The number of halogens is 2. The molecule has 0 spiro atoms. The van der Waals surface area contributed by atoms with E-state index in [2.05, 4.69) is 9.73 Å². The number of likely N-dealkylation sites (N-methyl/N-ethyl adjacent to an activating group) is 1. The Bertz CT molecular complexity index is 577. The molecule has 17 heavy (non-hydrogen) atoms. The van der Waals surface area contributed by atoms with E-state index in [1.54, 1.807) is 14.0 Å². The molecule has 90 valence electrons. The van der Waals surface area contributed by atoms with Gasteiger partial charge >= 0.3 is 0 Å². The van der Waals surface area contributed by atoms with Crippen LogP contribution >= 0.6 is 0 Å². The highest BCUT2D eigenvalue weighted by atomic mass is 19.1. The number of fused-ring (bicyclic) bond motifs is 1. The van der Waals surface area contributed by atoms with Crippen LogP contribution in [0, 0.1) is 11.8 Å². The summed E-state index contributed by atoms with van der Waals surface area (Å²) in [5, 5.41) is 3.10. The number of carbonyl (C=O) groups excluding carboxylic acids is 1. The van der Waals surface area contributed by atoms with E-state index in [1.165, 1.54) is 6.07 Å². The van der Waals surface area contributed by atoms with Crippen molar-refractivity contribution in [2.75, 3.05) is 7.05 Å². The van der Waals surface area contributed by atoms with Crippen LogP contribution in [0.4, 0.5) is 8.78 Å². The predicted molar refractivity (Wildman–Crippen MR) is 59.0 cm³/mol. The Morgan fingerprint density at radius 1 is 1.35 bits per heavy atom. The summed E-state index contributed by atoms with van der Waals surface area (Å²) in [5.74, 6) is -1.09. The van der Waals surface area contributed by atoms with Crippen molar-refractivity contribution >= 4 is 16.8 Å². The van der Waals surface area contributed by atoms with Crippen molar-refractivity contribution in [2.24, 2.45) is 0 Å². The molecule has 0 radical (unpaired) electrons. The van der Waals surface area contributed by atoms with Gasteiger partial charge in [0.05, 0.1) is 11.6 Å². The Labute approximate surface area is 96.4 Å². The second-order valence-electron chi connectivity index (χ2n) is 3.80. The molecule has 0 amide bonds. The van der Waals surface area contributed by atoms with Crippen LogP contribution in [0.1, 0.15) is 17.3 Å². The number of carbonyl (C=O) groups is 1. The lowest BCUT2D eigenvalue weighted by Crippen LogP contribution is -2.31. The van der Waals surface area contributed by atoms with Crippen LogP contribution in [0.5, 0.6) is 0 Å². The lowest BCUT2D eigenvalue weighted by atomic mass is 10.0. The quantitative estimate of drug-likeness (QED) is 0.837. The number of hydrogen-bond acceptors (Lipinski definition) is 3. The molecule has 2 rings (SSSR count). The molecule has 0 fully saturated rings. The van der Waals surface area contributed by atoms with E-state index < -0.39 is 17.9 Å². The van der Waals surface area contributed by atoms with E-state index in [4.69, 9.17) is 0 Å². The molecule has 1 atom stereocenters. The van der Waals surface area contributed by atoms with Gasteiger partial charge in [-0.1, -0.05) is 0 Å². The van der Waals surface area contributed by atoms with Gasteiger partial charge in [0.2, 0.25) is 0 Å². The minimum Gasteiger partial charge on any atom is -0.431 e. The van der Waals surface area contributed by atoms with Crippen LogP contribution in [0.15, 0.2) is 22.6 Å². The highest BCUT2D eigenvalue weighted by Crippen LogP contribution is 2.23. The predicted octanol–water partition coefficient (Wildman–Crippen LogP) is 2.50. The zero-order valence-corrected chi connectivity index (χ0v) is 9.38. The van der Waals surface area contributed by atoms with Gasteiger partial charge in [0, 0.05) is 17.5 Å². The fourth-order valence-electron chi connectivity index (χ4n) is 1.58. The minimum atomic E-state index is -0.800. The summed E-state index contributed by atoms with van der Waals surface area (Å²) in [6.07, 6.45) is 0. The van der Waals surface area contributed by atoms with E-state index >= 15 is 0 Å². The summed E-state index contributed by atoms with van der Waals surface area (Å²) in [5.41, 5.74) is 0.0220. The van der Waals surface area contributed by atoms with Gasteiger partial charge in [-0.15, -0.1) is 0 Å². The summed E-state index contributed by atoms with van der Waals surface area (Å²) >= 11 is 0. The molecular weight excluding hydrogens is 228 g/mol. The molecule has 1 aromatic carbocycles. The minimum absolute atomic E-state index is 0.0693. The third kappa shape index (κ3) is 2.06. The number of hydrogen-bond donors (Lipinski definition) is 1. The smallest absolute Gasteiger partial charge is 0.278 e. The van der Waals surface area contributed by atoms with E-state index in [9.17, 15) is 13.6 Å². The molecule has 0 unspecified atom stereocenters. The Balaban J connectivity index is 2.54. The number of nitrogens with one attached hydrogen (secondary N) is 1. The van der Waals surface area contributed by atoms with E-state index in [0.29, 0.717) is 5.39 Å². The first kappa shape index (κ1) is 11.7. The second kappa shape index (κ2) is 4.25. The first-order chi connectivity index (χ1) is 8.02. The van der Waals surface area contributed by atoms with Crippen molar-refractivity contribution in [3.05, 3.63) is 35.6 Å². The van der Waals surface area contributed by atoms with Gasteiger partial charge < -0.3 is 9.73 Å². The third-order valence-corrected chi connectivity index (χ3v) is 2.67. The van der Waals surface area contributed by atoms with Crippen LogP contribution in [0.2, 0.25) is 0 Å². The molecule has 2 aromatic rings. The Hall–Kier alpha value is -1.75. The maximum Gasteiger partial charge on any atom is 0.278 e. The average molecular weight is 239 g/mol. The molecule has 0 saturated carbocycles. The number of rotatable bonds is 3. The summed E-state index contributed by atoms with van der Waals surface area (Å²) in [6.45, 7) is 1.63. The van der Waals surface area contributed by atoms with Gasteiger partial charge in [0.15, 0.2) is 5.78 Å². The summed E-state index contributed by atoms with van der Waals surface area (Å²) in [4.78, 5) is 11.8. The highest BCUT2D eigenvalue weighted by Gasteiger charge is 2.19. The van der Waals surface area contributed by atoms with Crippen molar-refractivity contribution in [2.45, 2.75) is 13.0 Å². The van der Waals surface area contributed by atoms with Crippen molar-refractivity contribution in [3.63, 3.8) is 0 Å². The van der Waals surface area contributed by atoms with Crippen molar-refractivity contribution in [3.8, 4) is 0 Å². The maximum absolute atomic E-state index is 13.6. The van der Waals surface area contributed by atoms with Gasteiger partial charge in [0.1, 0.15) is 11.4 Å². The average Bonchev–Trinajstić information content (AvgIpc) is 2.65. The molecule has 0 aliphatic carbocycles. The molecule has 0 aliphatic rings. The van der Waals surface area contributed by atoms with Gasteiger partial charge in [-0.3, -0.25) is 4.79 Å². The lowest BCUT2D eigenvalue weighted by molar-refractivity contribution is 0.0951. The van der Waals surface area contributed by atoms with E-state index in [-0.39, 0.29) is 16.9 Å². The highest BCUT2D eigenvalue weighted by molar-refractivity contribution is 6.02. The second-order valence-corrected chi connectivity index (χ2v) is 3.80. The summed E-state index contributed by atoms with van der Waals surface area (Å²) < 4.78 is 31.1. The van der Waals surface area contributed by atoms with Crippen LogP contribution in [0.3, 0.4) is 0 Å². The fourth-order valence-corrected chi connectivity index (χ4v) is 1.58. The van der Waals surface area contributed by atoms with Crippen molar-refractivity contribution < 1.29 is 18.0 Å². The zero-order valence-electron chi connectivity index (χ0n) is 9.38. The topological polar surface area (TPSA) is 42.2 Å². The van der Waals surface area contributed by atoms with Gasteiger partial charge in [-0.05, 0) is 20.0 Å². The number of ketones is 1. The lowest BCUT2D eigenvalue weighted by Gasteiger charge is -2.09. The van der Waals surface area contributed by atoms with Crippen LogP contribution < -0.4 is 5.32 Å². The molecular formula is C12H11F2NO2. The SMILES string of the molecule is CN[C@@H](C)C(=O)c1cc2cc(F)oc2cc1F. The third-order valence-electron chi connectivity index (χ3n) is 2.67. The summed E-state index contributed by atoms with van der Waals surface area (Å²) in [6, 6.07) is 2.14. The molecule has 1 aromatic heterocycles. The Morgan fingerprint density at radius 2 is 2.06 bits per heavy atom. The van der Waals surface area contributed by atoms with E-state index in [1.807, 2.05) is 0 Å². The van der Waals surface area contributed by atoms with Gasteiger partial charge in [-0.2, -0.15) is 4.39 Å². The molecule has 0 aliphatic heterocycles. The van der Waals surface area contributed by atoms with Gasteiger partial charge in [0.25, 0.3) is 6.01 Å². The summed E-state index contributed by atoms with van der Waals surface area (Å²) in [7, 11) is 1.61. The Morgan fingerprint density at radius 3 is 2.71 bits per heavy atom. The first-order valence-electron chi connectivity index (χ1n) is 5.13. The van der Waals surface area contributed by atoms with Crippen molar-refractivity contribution in [1.82, 2.24) is 5.32 Å². The largest absolute Gasteiger partial charge is 0.431 e. The van der Waals surface area contributed by atoms with E-state index in [0.717, 1.165) is 12.1 Å². The molecule has 1 heterocycles. The van der Waals surface area contributed by atoms with Crippen LogP contribution in [-0.4, -0.2) is 18.9 Å². The number of Topliss-reactive ketones (excluding diaryl/α,β-unsaturated/α-hetero) is 1. The number of benzene rings is 1. The molecule has 5 heteroatoms. The molecule has 3 nitrogen and oxygen atoms in total. The van der Waals surface area contributed by atoms with Crippen LogP contribution in [0.25, 0.3) is 11.0 Å². The monoisotopic (exact) mass is 239 g/mol. The zero-order chi connectivity index (χ0) is 12.6. The van der Waals surface area contributed by atoms with Crippen LogP contribution in [-0.2, 0) is 0 Å². The first-order valence-corrected chi connectivity index (χ1v) is 5.13. The molecule has 0 saturated heterocycles. The standard InChI is InChI=1S/C12H11F2NO2/c1-6(15-2)12(16)8-3-7-4-11(14)17-10(7)5-9(8)13/h3-6,15H,1-2H3/t6-/m0/s1. The Kier molecular flexibility index (Phi) is 2.93. The fraction of sp³-hybridized carbons (Fsp3) is 0.250. The molecule has 0 bridgehead atoms. The van der Waals surface area contributed by atoms with Crippen molar-refractivity contribution in [1.29, 1.82) is 0 Å². The maximum atomic E-state index is 13.6. The molecule has 1 N–H and O–H groups in total. The normalized spacial score (nSPS) is 12.9. The van der Waals surface area contributed by atoms with Gasteiger partial charge in [-0.25, -0.2) is 4.39 Å².